The van der Waals surface area contributed by atoms with Crippen molar-refractivity contribution in [3.63, 3.8) is 0 Å². The summed E-state index contributed by atoms with van der Waals surface area (Å²) in [7, 11) is 0. The van der Waals surface area contributed by atoms with E-state index in [1.165, 1.54) is 17.7 Å². The normalized spacial score (nSPS) is 15.5. The summed E-state index contributed by atoms with van der Waals surface area (Å²) >= 11 is 0. The van der Waals surface area contributed by atoms with Crippen molar-refractivity contribution in [2.24, 2.45) is 0 Å². The number of hydrogen-bond acceptors (Lipinski definition) is 3. The molecule has 1 N–H and O–H groups in total. The number of halogens is 3. The predicted octanol–water partition coefficient (Wildman–Crippen LogP) is 3.45. The Balaban J connectivity index is 1.46. The number of anilines is 1. The highest BCUT2D eigenvalue weighted by Gasteiger charge is 2.31. The molecule has 150 valence electrons. The SMILES string of the molecule is Cc1ccc(CNC(=O)CN2CCN(c3cccc(C(F)(F)F)c3)CC2)cc1. The van der Waals surface area contributed by atoms with Gasteiger partial charge in [-0.2, -0.15) is 13.2 Å². The molecule has 1 amide bonds. The van der Waals surface area contributed by atoms with E-state index in [9.17, 15) is 18.0 Å². The number of hydrogen-bond donors (Lipinski definition) is 1. The number of piperazine rings is 1. The van der Waals surface area contributed by atoms with Gasteiger partial charge >= 0.3 is 6.18 Å². The molecule has 1 heterocycles. The molecule has 4 nitrogen and oxygen atoms in total. The molecule has 0 saturated carbocycles. The molecule has 1 saturated heterocycles. The maximum atomic E-state index is 12.9. The molecule has 0 aromatic heterocycles. The van der Waals surface area contributed by atoms with Gasteiger partial charge in [0.15, 0.2) is 0 Å². The Morgan fingerprint density at radius 2 is 1.71 bits per heavy atom. The van der Waals surface area contributed by atoms with Crippen molar-refractivity contribution in [2.75, 3.05) is 37.6 Å². The fraction of sp³-hybridized carbons (Fsp3) is 0.381. The third kappa shape index (κ3) is 5.48. The molecule has 0 spiro atoms. The van der Waals surface area contributed by atoms with E-state index in [0.29, 0.717) is 45.0 Å². The van der Waals surface area contributed by atoms with Gasteiger partial charge in [-0.3, -0.25) is 9.69 Å². The molecule has 2 aromatic carbocycles. The number of rotatable bonds is 5. The van der Waals surface area contributed by atoms with E-state index in [0.717, 1.165) is 11.6 Å². The zero-order valence-corrected chi connectivity index (χ0v) is 15.8. The highest BCUT2D eigenvalue weighted by molar-refractivity contribution is 5.78. The lowest BCUT2D eigenvalue weighted by molar-refractivity contribution is -0.137. The summed E-state index contributed by atoms with van der Waals surface area (Å²) in [4.78, 5) is 16.1. The number of amides is 1. The average Bonchev–Trinajstić information content (AvgIpc) is 2.68. The third-order valence-corrected chi connectivity index (χ3v) is 4.89. The summed E-state index contributed by atoms with van der Waals surface area (Å²) in [6.07, 6.45) is -4.34. The molecule has 7 heteroatoms. The number of alkyl halides is 3. The number of nitrogens with zero attached hydrogens (tertiary/aromatic N) is 2. The van der Waals surface area contributed by atoms with Crippen LogP contribution < -0.4 is 10.2 Å². The first-order chi connectivity index (χ1) is 13.3. The molecule has 0 unspecified atom stereocenters. The summed E-state index contributed by atoms with van der Waals surface area (Å²) in [5, 5.41) is 2.91. The quantitative estimate of drug-likeness (QED) is 0.848. The Morgan fingerprint density at radius 1 is 1.04 bits per heavy atom. The van der Waals surface area contributed by atoms with E-state index >= 15 is 0 Å². The van der Waals surface area contributed by atoms with Gasteiger partial charge < -0.3 is 10.2 Å². The zero-order valence-electron chi connectivity index (χ0n) is 15.8. The number of nitrogens with one attached hydrogen (secondary N) is 1. The minimum Gasteiger partial charge on any atom is -0.369 e. The van der Waals surface area contributed by atoms with Gasteiger partial charge in [0, 0.05) is 38.4 Å². The Hall–Kier alpha value is -2.54. The van der Waals surface area contributed by atoms with E-state index in [4.69, 9.17) is 0 Å². The van der Waals surface area contributed by atoms with Crippen LogP contribution in [0.5, 0.6) is 0 Å². The standard InChI is InChI=1S/C21H24F3N3O/c1-16-5-7-17(8-6-16)14-25-20(28)15-26-9-11-27(12-10-26)19-4-2-3-18(13-19)21(22,23)24/h2-8,13H,9-12,14-15H2,1H3,(H,25,28). The molecular weight excluding hydrogens is 367 g/mol. The van der Waals surface area contributed by atoms with Crippen LogP contribution in [0.3, 0.4) is 0 Å². The van der Waals surface area contributed by atoms with Crippen molar-refractivity contribution in [1.29, 1.82) is 0 Å². The summed E-state index contributed by atoms with van der Waals surface area (Å²) < 4.78 is 38.7. The van der Waals surface area contributed by atoms with Gasteiger partial charge in [-0.1, -0.05) is 35.9 Å². The van der Waals surface area contributed by atoms with E-state index in [1.54, 1.807) is 6.07 Å². The summed E-state index contributed by atoms with van der Waals surface area (Å²) in [5.74, 6) is -0.0481. The van der Waals surface area contributed by atoms with E-state index in [-0.39, 0.29) is 5.91 Å². The van der Waals surface area contributed by atoms with Gasteiger partial charge in [-0.05, 0) is 30.7 Å². The second kappa shape index (κ2) is 8.65. The second-order valence-electron chi connectivity index (χ2n) is 7.07. The number of carbonyl (C=O) groups is 1. The van der Waals surface area contributed by atoms with Crippen LogP contribution in [0, 0.1) is 6.92 Å². The Labute approximate surface area is 162 Å². The van der Waals surface area contributed by atoms with Gasteiger partial charge in [-0.25, -0.2) is 0 Å². The molecule has 0 bridgehead atoms. The smallest absolute Gasteiger partial charge is 0.369 e. The lowest BCUT2D eigenvalue weighted by Gasteiger charge is -2.36. The van der Waals surface area contributed by atoms with Crippen LogP contribution in [0.2, 0.25) is 0 Å². The van der Waals surface area contributed by atoms with Crippen molar-refractivity contribution < 1.29 is 18.0 Å². The highest BCUT2D eigenvalue weighted by Crippen LogP contribution is 2.31. The Kier molecular flexibility index (Phi) is 6.24. The van der Waals surface area contributed by atoms with Gasteiger partial charge in [0.2, 0.25) is 5.91 Å². The van der Waals surface area contributed by atoms with Crippen molar-refractivity contribution in [2.45, 2.75) is 19.6 Å². The first-order valence-corrected chi connectivity index (χ1v) is 9.28. The average molecular weight is 391 g/mol. The van der Waals surface area contributed by atoms with Gasteiger partial charge in [0.25, 0.3) is 0 Å². The minimum atomic E-state index is -4.34. The number of aryl methyl sites for hydroxylation is 1. The van der Waals surface area contributed by atoms with Gasteiger partial charge in [0.1, 0.15) is 0 Å². The third-order valence-electron chi connectivity index (χ3n) is 4.89. The molecule has 1 fully saturated rings. The molecule has 28 heavy (non-hydrogen) atoms. The van der Waals surface area contributed by atoms with Crippen LogP contribution in [0.1, 0.15) is 16.7 Å². The molecular formula is C21H24F3N3O. The van der Waals surface area contributed by atoms with E-state index < -0.39 is 11.7 Å². The lowest BCUT2D eigenvalue weighted by Crippen LogP contribution is -2.49. The number of carbonyl (C=O) groups excluding carboxylic acids is 1. The molecule has 0 aliphatic carbocycles. The fourth-order valence-corrected chi connectivity index (χ4v) is 3.21. The Bertz CT molecular complexity index is 797. The second-order valence-corrected chi connectivity index (χ2v) is 7.07. The fourth-order valence-electron chi connectivity index (χ4n) is 3.21. The zero-order chi connectivity index (χ0) is 20.1. The van der Waals surface area contributed by atoms with E-state index in [1.807, 2.05) is 41.0 Å². The highest BCUT2D eigenvalue weighted by atomic mass is 19.4. The van der Waals surface area contributed by atoms with Crippen LogP contribution >= 0.6 is 0 Å². The van der Waals surface area contributed by atoms with Crippen molar-refractivity contribution in [1.82, 2.24) is 10.2 Å². The summed E-state index contributed by atoms with van der Waals surface area (Å²) in [5.41, 5.74) is 2.16. The minimum absolute atomic E-state index is 0.0481. The monoisotopic (exact) mass is 391 g/mol. The maximum absolute atomic E-state index is 12.9. The molecule has 1 aliphatic heterocycles. The molecule has 0 radical (unpaired) electrons. The molecule has 0 atom stereocenters. The first kappa shape index (κ1) is 20.2. The number of benzene rings is 2. The van der Waals surface area contributed by atoms with E-state index in [2.05, 4.69) is 5.32 Å². The topological polar surface area (TPSA) is 35.6 Å². The van der Waals surface area contributed by atoms with Crippen LogP contribution in [0.25, 0.3) is 0 Å². The lowest BCUT2D eigenvalue weighted by atomic mass is 10.1. The maximum Gasteiger partial charge on any atom is 0.416 e. The Morgan fingerprint density at radius 3 is 2.36 bits per heavy atom. The van der Waals surface area contributed by atoms with Crippen LogP contribution in [0.15, 0.2) is 48.5 Å². The van der Waals surface area contributed by atoms with Crippen LogP contribution in [-0.4, -0.2) is 43.5 Å². The molecule has 1 aliphatic rings. The van der Waals surface area contributed by atoms with Gasteiger partial charge in [-0.15, -0.1) is 0 Å². The molecule has 2 aromatic rings. The van der Waals surface area contributed by atoms with Crippen molar-refractivity contribution in [3.05, 3.63) is 65.2 Å². The van der Waals surface area contributed by atoms with Crippen LogP contribution in [-0.2, 0) is 17.5 Å². The largest absolute Gasteiger partial charge is 0.416 e. The van der Waals surface area contributed by atoms with Crippen molar-refractivity contribution in [3.8, 4) is 0 Å². The molecule has 3 rings (SSSR count). The predicted molar refractivity (Wildman–Crippen MR) is 103 cm³/mol. The van der Waals surface area contributed by atoms with Crippen molar-refractivity contribution >= 4 is 11.6 Å². The first-order valence-electron chi connectivity index (χ1n) is 9.28. The summed E-state index contributed by atoms with van der Waals surface area (Å²) in [6.45, 7) is 5.24. The van der Waals surface area contributed by atoms with Crippen LogP contribution in [0.4, 0.5) is 18.9 Å². The van der Waals surface area contributed by atoms with Gasteiger partial charge in [0.05, 0.1) is 12.1 Å². The summed E-state index contributed by atoms with van der Waals surface area (Å²) in [6, 6.07) is 13.4.